The van der Waals surface area contributed by atoms with Gasteiger partial charge < -0.3 is 5.11 Å². The van der Waals surface area contributed by atoms with Gasteiger partial charge in [-0.05, 0) is 6.07 Å². The lowest BCUT2D eigenvalue weighted by atomic mass is 10.3. The Labute approximate surface area is 70.2 Å². The Bertz CT molecular complexity index is 246. The quantitative estimate of drug-likeness (QED) is 0.713. The summed E-state index contributed by atoms with van der Waals surface area (Å²) in [6.45, 7) is 0. The van der Waals surface area contributed by atoms with Gasteiger partial charge in [-0.25, -0.2) is 0 Å². The van der Waals surface area contributed by atoms with Crippen molar-refractivity contribution in [3.05, 3.63) is 18.0 Å². The van der Waals surface area contributed by atoms with Crippen molar-refractivity contribution in [2.45, 2.75) is 6.42 Å². The second-order valence-corrected chi connectivity index (χ2v) is 2.02. The first-order valence-corrected chi connectivity index (χ1v) is 2.89. The van der Waals surface area contributed by atoms with Gasteiger partial charge >= 0.3 is 5.97 Å². The lowest BCUT2D eigenvalue weighted by Crippen LogP contribution is -2.05. The zero-order chi connectivity index (χ0) is 7.56. The maximum absolute atomic E-state index is 10.2. The summed E-state index contributed by atoms with van der Waals surface area (Å²) >= 11 is 0. The van der Waals surface area contributed by atoms with Crippen molar-refractivity contribution in [1.82, 2.24) is 9.78 Å². The first-order valence-electron chi connectivity index (χ1n) is 2.89. The highest BCUT2D eigenvalue weighted by Gasteiger charge is 2.02. The first-order chi connectivity index (χ1) is 4.70. The van der Waals surface area contributed by atoms with Gasteiger partial charge in [0.05, 0.1) is 6.42 Å². The molecule has 0 saturated carbocycles. The van der Waals surface area contributed by atoms with Crippen molar-refractivity contribution in [3.63, 3.8) is 0 Å². The fourth-order valence-corrected chi connectivity index (χ4v) is 0.730. The van der Waals surface area contributed by atoms with Gasteiger partial charge in [0.2, 0.25) is 0 Å². The number of carbonyl (C=O) groups is 1. The number of halogens is 1. The van der Waals surface area contributed by atoms with E-state index in [1.807, 2.05) is 0 Å². The molecule has 1 heterocycles. The van der Waals surface area contributed by atoms with E-state index < -0.39 is 5.97 Å². The van der Waals surface area contributed by atoms with Crippen LogP contribution in [0, 0.1) is 0 Å². The van der Waals surface area contributed by atoms with Gasteiger partial charge in [0.25, 0.3) is 0 Å². The van der Waals surface area contributed by atoms with E-state index in [-0.39, 0.29) is 18.8 Å². The van der Waals surface area contributed by atoms with E-state index in [1.54, 1.807) is 24.0 Å². The summed E-state index contributed by atoms with van der Waals surface area (Å²) in [6.07, 6.45) is 1.62. The van der Waals surface area contributed by atoms with Gasteiger partial charge in [0, 0.05) is 18.9 Å². The Hall–Kier alpha value is -1.03. The highest BCUT2D eigenvalue weighted by molar-refractivity contribution is 5.85. The lowest BCUT2D eigenvalue weighted by molar-refractivity contribution is -0.136. The molecule has 1 aromatic rings. The molecule has 0 aliphatic heterocycles. The Morgan fingerprint density at radius 2 is 2.45 bits per heavy atom. The molecule has 1 aromatic heterocycles. The van der Waals surface area contributed by atoms with Crippen molar-refractivity contribution < 1.29 is 9.90 Å². The monoisotopic (exact) mass is 176 g/mol. The van der Waals surface area contributed by atoms with Crippen molar-refractivity contribution in [3.8, 4) is 0 Å². The van der Waals surface area contributed by atoms with Crippen LogP contribution in [0.2, 0.25) is 0 Å². The van der Waals surface area contributed by atoms with Crippen LogP contribution in [-0.4, -0.2) is 20.9 Å². The summed E-state index contributed by atoms with van der Waals surface area (Å²) in [5.41, 5.74) is 0.715. The van der Waals surface area contributed by atoms with Crippen LogP contribution < -0.4 is 0 Å². The van der Waals surface area contributed by atoms with Crippen LogP contribution in [0.4, 0.5) is 0 Å². The molecular formula is C6H9ClN2O2. The van der Waals surface area contributed by atoms with E-state index in [0.717, 1.165) is 0 Å². The molecule has 1 rings (SSSR count). The second-order valence-electron chi connectivity index (χ2n) is 2.02. The molecule has 0 unspecified atom stereocenters. The minimum atomic E-state index is -0.830. The molecule has 0 saturated heterocycles. The number of aryl methyl sites for hydroxylation is 1. The minimum absolute atomic E-state index is 0. The highest BCUT2D eigenvalue weighted by atomic mass is 35.5. The van der Waals surface area contributed by atoms with Gasteiger partial charge in [-0.15, -0.1) is 12.4 Å². The zero-order valence-corrected chi connectivity index (χ0v) is 6.84. The van der Waals surface area contributed by atoms with E-state index in [2.05, 4.69) is 5.10 Å². The molecule has 4 nitrogen and oxygen atoms in total. The average molecular weight is 177 g/mol. The summed E-state index contributed by atoms with van der Waals surface area (Å²) in [4.78, 5) is 10.2. The summed E-state index contributed by atoms with van der Waals surface area (Å²) in [6, 6.07) is 1.69. The molecule has 0 atom stereocenters. The molecule has 0 amide bonds. The molecule has 0 aliphatic carbocycles. The van der Waals surface area contributed by atoms with Gasteiger partial charge in [-0.2, -0.15) is 5.10 Å². The SMILES string of the molecule is Cl.Cn1nccc1CC(=O)O. The van der Waals surface area contributed by atoms with Crippen LogP contribution in [0.3, 0.4) is 0 Å². The van der Waals surface area contributed by atoms with Gasteiger partial charge in [-0.1, -0.05) is 0 Å². The third kappa shape index (κ3) is 2.59. The number of hydrogen-bond donors (Lipinski definition) is 1. The normalized spacial score (nSPS) is 8.82. The molecule has 0 spiro atoms. The maximum atomic E-state index is 10.2. The molecule has 62 valence electrons. The zero-order valence-electron chi connectivity index (χ0n) is 6.02. The van der Waals surface area contributed by atoms with Gasteiger partial charge in [0.1, 0.15) is 0 Å². The molecule has 1 N–H and O–H groups in total. The predicted molar refractivity (Wildman–Crippen MR) is 41.8 cm³/mol. The van der Waals surface area contributed by atoms with Crippen LogP contribution in [0.5, 0.6) is 0 Å². The smallest absolute Gasteiger partial charge is 0.309 e. The largest absolute Gasteiger partial charge is 0.481 e. The molecule has 0 aliphatic rings. The van der Waals surface area contributed by atoms with E-state index in [9.17, 15) is 4.79 Å². The van der Waals surface area contributed by atoms with Gasteiger partial charge in [-0.3, -0.25) is 9.48 Å². The minimum Gasteiger partial charge on any atom is -0.481 e. The average Bonchev–Trinajstić information content (AvgIpc) is 2.15. The Kier molecular flexibility index (Phi) is 3.60. The number of aromatic nitrogens is 2. The standard InChI is InChI=1S/C6H8N2O2.ClH/c1-8-5(2-3-7-8)4-6(9)10;/h2-3H,4H2,1H3,(H,9,10);1H. The molecule has 11 heavy (non-hydrogen) atoms. The van der Waals surface area contributed by atoms with E-state index in [4.69, 9.17) is 5.11 Å². The van der Waals surface area contributed by atoms with E-state index in [1.165, 1.54) is 0 Å². The maximum Gasteiger partial charge on any atom is 0.309 e. The molecule has 0 radical (unpaired) electrons. The van der Waals surface area contributed by atoms with Crippen molar-refractivity contribution in [2.75, 3.05) is 0 Å². The topological polar surface area (TPSA) is 55.1 Å². The third-order valence-electron chi connectivity index (χ3n) is 1.25. The Morgan fingerprint density at radius 3 is 2.82 bits per heavy atom. The summed E-state index contributed by atoms with van der Waals surface area (Å²) in [5, 5.41) is 12.2. The number of hydrogen-bond acceptors (Lipinski definition) is 2. The van der Waals surface area contributed by atoms with Crippen LogP contribution >= 0.6 is 12.4 Å². The Balaban J connectivity index is 0.000001000. The fourth-order valence-electron chi connectivity index (χ4n) is 0.730. The van der Waals surface area contributed by atoms with E-state index >= 15 is 0 Å². The lowest BCUT2D eigenvalue weighted by Gasteiger charge is -1.94. The van der Waals surface area contributed by atoms with Gasteiger partial charge in [0.15, 0.2) is 0 Å². The molecule has 0 fully saturated rings. The van der Waals surface area contributed by atoms with E-state index in [0.29, 0.717) is 5.69 Å². The van der Waals surface area contributed by atoms with Crippen LogP contribution in [0.1, 0.15) is 5.69 Å². The first kappa shape index (κ1) is 9.97. The van der Waals surface area contributed by atoms with Crippen molar-refractivity contribution in [2.24, 2.45) is 7.05 Å². The molecule has 0 bridgehead atoms. The molecular weight excluding hydrogens is 168 g/mol. The fraction of sp³-hybridized carbons (Fsp3) is 0.333. The summed E-state index contributed by atoms with van der Waals surface area (Å²) in [5.74, 6) is -0.830. The number of nitrogens with zero attached hydrogens (tertiary/aromatic N) is 2. The summed E-state index contributed by atoms with van der Waals surface area (Å²) in [7, 11) is 1.72. The van der Waals surface area contributed by atoms with Crippen LogP contribution in [-0.2, 0) is 18.3 Å². The molecule has 0 aromatic carbocycles. The highest BCUT2D eigenvalue weighted by Crippen LogP contribution is 1.96. The van der Waals surface area contributed by atoms with Crippen molar-refractivity contribution in [1.29, 1.82) is 0 Å². The third-order valence-corrected chi connectivity index (χ3v) is 1.25. The summed E-state index contributed by atoms with van der Waals surface area (Å²) < 4.78 is 1.55. The number of carboxylic acids is 1. The number of carboxylic acid groups (broad SMARTS) is 1. The predicted octanol–water partition coefficient (Wildman–Crippen LogP) is 0.469. The van der Waals surface area contributed by atoms with Crippen LogP contribution in [0.25, 0.3) is 0 Å². The Morgan fingerprint density at radius 1 is 1.82 bits per heavy atom. The second kappa shape index (κ2) is 3.98. The van der Waals surface area contributed by atoms with Crippen LogP contribution in [0.15, 0.2) is 12.3 Å². The van der Waals surface area contributed by atoms with Crippen molar-refractivity contribution >= 4 is 18.4 Å². The number of rotatable bonds is 2. The number of aliphatic carboxylic acids is 1. The molecule has 5 heteroatoms.